The summed E-state index contributed by atoms with van der Waals surface area (Å²) in [6, 6.07) is 11.3. The summed E-state index contributed by atoms with van der Waals surface area (Å²) in [5, 5.41) is 4.15. The Morgan fingerprint density at radius 1 is 1.09 bits per heavy atom. The molecule has 3 aromatic rings. The standard InChI is InChI=1S/C24H20ClN3O5S2/c1-26-23(30)22-21-15(13-34-22)11-20(29)28(24(21)31)19-12-16(8-9-17(19)25)35(32,33)27-10-4-6-14-5-2-3-7-18(14)27/h2-3,5,7-9,12-13H,4,6,10-11H2,1H3,(H,26,30). The summed E-state index contributed by atoms with van der Waals surface area (Å²) >= 11 is 7.45. The van der Waals surface area contributed by atoms with E-state index in [4.69, 9.17) is 11.6 Å². The van der Waals surface area contributed by atoms with Crippen LogP contribution in [0, 0.1) is 0 Å². The lowest BCUT2D eigenvalue weighted by molar-refractivity contribution is -0.117. The molecule has 0 atom stereocenters. The molecule has 5 rings (SSSR count). The number of sulfonamides is 1. The van der Waals surface area contributed by atoms with E-state index in [-0.39, 0.29) is 32.5 Å². The summed E-state index contributed by atoms with van der Waals surface area (Å²) in [7, 11) is -2.55. The lowest BCUT2D eigenvalue weighted by atomic mass is 10.0. The minimum absolute atomic E-state index is 0.0345. The minimum Gasteiger partial charge on any atom is -0.354 e. The third kappa shape index (κ3) is 3.81. The average molecular weight is 530 g/mol. The van der Waals surface area contributed by atoms with Crippen molar-refractivity contribution in [1.82, 2.24) is 5.32 Å². The van der Waals surface area contributed by atoms with Crippen LogP contribution in [0.1, 0.15) is 37.6 Å². The SMILES string of the molecule is CNC(=O)c1scc2c1C(=O)N(c1cc(S(=O)(=O)N3CCCc4ccccc43)ccc1Cl)C(=O)C2. The summed E-state index contributed by atoms with van der Waals surface area (Å²) in [5.41, 5.74) is 2.10. The summed E-state index contributed by atoms with van der Waals surface area (Å²) in [6.45, 7) is 0.312. The molecule has 35 heavy (non-hydrogen) atoms. The number of fused-ring (bicyclic) bond motifs is 2. The third-order valence-corrected chi connectivity index (χ3v) is 9.28. The maximum atomic E-state index is 13.6. The molecule has 0 radical (unpaired) electrons. The predicted molar refractivity (Wildman–Crippen MR) is 134 cm³/mol. The molecule has 11 heteroatoms. The quantitative estimate of drug-likeness (QED) is 0.520. The van der Waals surface area contributed by atoms with Crippen LogP contribution in [-0.2, 0) is 27.7 Å². The van der Waals surface area contributed by atoms with Crippen LogP contribution in [0.3, 0.4) is 0 Å². The fraction of sp³-hybridized carbons (Fsp3) is 0.208. The zero-order chi connectivity index (χ0) is 24.9. The predicted octanol–water partition coefficient (Wildman–Crippen LogP) is 3.63. The molecule has 0 bridgehead atoms. The van der Waals surface area contributed by atoms with Crippen molar-refractivity contribution in [3.05, 3.63) is 74.4 Å². The van der Waals surface area contributed by atoms with E-state index >= 15 is 0 Å². The number of hydrogen-bond donors (Lipinski definition) is 1. The monoisotopic (exact) mass is 529 g/mol. The number of nitrogens with one attached hydrogen (secondary N) is 1. The summed E-state index contributed by atoms with van der Waals surface area (Å²) in [6.07, 6.45) is 1.34. The van der Waals surface area contributed by atoms with Crippen LogP contribution in [0.5, 0.6) is 0 Å². The maximum absolute atomic E-state index is 13.6. The number of carbonyl (C=O) groups excluding carboxylic acids is 3. The first-order valence-corrected chi connectivity index (χ1v) is 13.5. The number of hydrogen-bond acceptors (Lipinski definition) is 6. The molecule has 2 aromatic carbocycles. The second kappa shape index (κ2) is 8.78. The Labute approximate surface area is 211 Å². The fourth-order valence-electron chi connectivity index (χ4n) is 4.45. The number of amides is 3. The lowest BCUT2D eigenvalue weighted by Gasteiger charge is -2.31. The Bertz CT molecular complexity index is 1500. The Hall–Kier alpha value is -3.21. The molecule has 0 fully saturated rings. The van der Waals surface area contributed by atoms with Crippen LogP contribution in [0.4, 0.5) is 11.4 Å². The summed E-state index contributed by atoms with van der Waals surface area (Å²) < 4.78 is 28.6. The van der Waals surface area contributed by atoms with Gasteiger partial charge in [0.1, 0.15) is 4.88 Å². The van der Waals surface area contributed by atoms with Crippen molar-refractivity contribution >= 4 is 62.1 Å². The highest BCUT2D eigenvalue weighted by molar-refractivity contribution is 7.92. The van der Waals surface area contributed by atoms with E-state index in [0.29, 0.717) is 24.2 Å². The molecule has 2 aliphatic heterocycles. The zero-order valence-corrected chi connectivity index (χ0v) is 21.0. The van der Waals surface area contributed by atoms with Crippen LogP contribution in [0.2, 0.25) is 5.02 Å². The second-order valence-electron chi connectivity index (χ2n) is 8.18. The molecule has 0 spiro atoms. The van der Waals surface area contributed by atoms with Crippen LogP contribution in [0.25, 0.3) is 0 Å². The number of anilines is 2. The number of aryl methyl sites for hydroxylation is 1. The second-order valence-corrected chi connectivity index (χ2v) is 11.3. The Morgan fingerprint density at radius 3 is 2.63 bits per heavy atom. The van der Waals surface area contributed by atoms with E-state index < -0.39 is 27.7 Å². The van der Waals surface area contributed by atoms with Crippen molar-refractivity contribution in [2.24, 2.45) is 0 Å². The fourth-order valence-corrected chi connectivity index (χ4v) is 7.22. The molecular weight excluding hydrogens is 510 g/mol. The van der Waals surface area contributed by atoms with Gasteiger partial charge in [0.2, 0.25) is 5.91 Å². The van der Waals surface area contributed by atoms with E-state index in [2.05, 4.69) is 5.32 Å². The molecule has 2 aliphatic rings. The van der Waals surface area contributed by atoms with Gasteiger partial charge in [0, 0.05) is 13.6 Å². The van der Waals surface area contributed by atoms with Gasteiger partial charge in [-0.1, -0.05) is 29.8 Å². The number of thiophene rings is 1. The minimum atomic E-state index is -4.00. The largest absolute Gasteiger partial charge is 0.354 e. The van der Waals surface area contributed by atoms with Gasteiger partial charge in [-0.3, -0.25) is 18.7 Å². The van der Waals surface area contributed by atoms with Gasteiger partial charge in [0.25, 0.3) is 21.8 Å². The van der Waals surface area contributed by atoms with Gasteiger partial charge in [0.15, 0.2) is 0 Å². The number of rotatable bonds is 4. The molecule has 0 unspecified atom stereocenters. The van der Waals surface area contributed by atoms with E-state index in [0.717, 1.165) is 28.2 Å². The normalized spacial score (nSPS) is 15.6. The molecule has 1 N–H and O–H groups in total. The van der Waals surface area contributed by atoms with Crippen LogP contribution < -0.4 is 14.5 Å². The van der Waals surface area contributed by atoms with Gasteiger partial charge in [-0.05, 0) is 53.6 Å². The first-order chi connectivity index (χ1) is 16.7. The average Bonchev–Trinajstić information content (AvgIpc) is 3.28. The Morgan fingerprint density at radius 2 is 1.86 bits per heavy atom. The van der Waals surface area contributed by atoms with Gasteiger partial charge < -0.3 is 5.32 Å². The van der Waals surface area contributed by atoms with Crippen molar-refractivity contribution in [3.8, 4) is 0 Å². The molecule has 8 nitrogen and oxygen atoms in total. The van der Waals surface area contributed by atoms with Crippen molar-refractivity contribution in [2.45, 2.75) is 24.2 Å². The topological polar surface area (TPSA) is 104 Å². The molecule has 0 aliphatic carbocycles. The molecule has 3 heterocycles. The number of carbonyl (C=O) groups is 3. The highest BCUT2D eigenvalue weighted by Gasteiger charge is 2.38. The summed E-state index contributed by atoms with van der Waals surface area (Å²) in [4.78, 5) is 39.7. The molecule has 0 saturated heterocycles. The van der Waals surface area contributed by atoms with Crippen molar-refractivity contribution in [1.29, 1.82) is 0 Å². The number of halogens is 1. The van der Waals surface area contributed by atoms with Crippen molar-refractivity contribution in [2.75, 3.05) is 22.8 Å². The number of nitrogens with zero attached hydrogens (tertiary/aromatic N) is 2. The van der Waals surface area contributed by atoms with Crippen LogP contribution >= 0.6 is 22.9 Å². The molecule has 0 saturated carbocycles. The molecule has 1 aromatic heterocycles. The van der Waals surface area contributed by atoms with Gasteiger partial charge in [-0.25, -0.2) is 13.3 Å². The Balaban J connectivity index is 1.58. The van der Waals surface area contributed by atoms with E-state index in [9.17, 15) is 22.8 Å². The molecule has 3 amide bonds. The van der Waals surface area contributed by atoms with E-state index in [1.807, 2.05) is 12.1 Å². The summed E-state index contributed by atoms with van der Waals surface area (Å²) in [5.74, 6) is -1.70. The first-order valence-electron chi connectivity index (χ1n) is 10.8. The molecule has 180 valence electrons. The highest BCUT2D eigenvalue weighted by Crippen LogP contribution is 2.38. The Kier molecular flexibility index (Phi) is 5.90. The van der Waals surface area contributed by atoms with E-state index in [1.165, 1.54) is 29.6 Å². The highest BCUT2D eigenvalue weighted by atomic mass is 35.5. The van der Waals surface area contributed by atoms with Crippen molar-refractivity contribution < 1.29 is 22.8 Å². The number of benzene rings is 2. The number of para-hydroxylation sites is 1. The van der Waals surface area contributed by atoms with Gasteiger partial charge in [0.05, 0.1) is 33.3 Å². The van der Waals surface area contributed by atoms with Crippen LogP contribution in [-0.4, -0.2) is 39.7 Å². The third-order valence-electron chi connectivity index (χ3n) is 6.12. The van der Waals surface area contributed by atoms with Crippen LogP contribution in [0.15, 0.2) is 52.7 Å². The lowest BCUT2D eigenvalue weighted by Crippen LogP contribution is -2.43. The smallest absolute Gasteiger partial charge is 0.267 e. The van der Waals surface area contributed by atoms with E-state index in [1.54, 1.807) is 17.5 Å². The number of imide groups is 1. The molecular formula is C24H20ClN3O5S2. The maximum Gasteiger partial charge on any atom is 0.267 e. The van der Waals surface area contributed by atoms with Gasteiger partial charge in [-0.2, -0.15) is 0 Å². The first kappa shape index (κ1) is 23.5. The van der Waals surface area contributed by atoms with Gasteiger partial charge in [-0.15, -0.1) is 11.3 Å². The van der Waals surface area contributed by atoms with Gasteiger partial charge >= 0.3 is 0 Å². The zero-order valence-electron chi connectivity index (χ0n) is 18.6. The van der Waals surface area contributed by atoms with Crippen molar-refractivity contribution in [3.63, 3.8) is 0 Å².